The molecule has 2 aromatic rings. The third kappa shape index (κ3) is 4.30. The van der Waals surface area contributed by atoms with Crippen molar-refractivity contribution in [1.29, 1.82) is 0 Å². The van der Waals surface area contributed by atoms with E-state index in [-0.39, 0.29) is 36.6 Å². The number of ether oxygens (including phenoxy) is 7. The Balaban J connectivity index is 1.18. The summed E-state index contributed by atoms with van der Waals surface area (Å²) in [6, 6.07) is 11.2. The molecule has 4 heterocycles. The highest BCUT2D eigenvalue weighted by molar-refractivity contribution is 5.46. The van der Waals surface area contributed by atoms with E-state index in [9.17, 15) is 20.4 Å². The molecular weight excluding hydrogens is 488 g/mol. The van der Waals surface area contributed by atoms with E-state index in [0.29, 0.717) is 19.0 Å². The summed E-state index contributed by atoms with van der Waals surface area (Å²) in [6.45, 7) is 0.761. The maximum Gasteiger partial charge on any atom is 0.231 e. The molecule has 6 rings (SSSR count). The van der Waals surface area contributed by atoms with Crippen LogP contribution in [-0.4, -0.2) is 84.9 Å². The fourth-order valence-electron chi connectivity index (χ4n) is 5.57. The van der Waals surface area contributed by atoms with E-state index in [2.05, 4.69) is 0 Å². The van der Waals surface area contributed by atoms with Crippen LogP contribution in [0.1, 0.15) is 23.3 Å². The van der Waals surface area contributed by atoms with Gasteiger partial charge in [0.25, 0.3) is 0 Å². The Labute approximate surface area is 213 Å². The van der Waals surface area contributed by atoms with Crippen LogP contribution in [0.3, 0.4) is 0 Å². The molecule has 0 aliphatic carbocycles. The Kier molecular flexibility index (Phi) is 6.61. The zero-order valence-corrected chi connectivity index (χ0v) is 20.1. The van der Waals surface area contributed by atoms with Gasteiger partial charge in [0.05, 0.1) is 39.1 Å². The Morgan fingerprint density at radius 1 is 0.811 bits per heavy atom. The Morgan fingerprint density at radius 3 is 2.19 bits per heavy atom. The van der Waals surface area contributed by atoms with E-state index in [4.69, 9.17) is 33.2 Å². The minimum absolute atomic E-state index is 0.111. The monoisotopic (exact) mass is 518 g/mol. The van der Waals surface area contributed by atoms with E-state index in [1.165, 1.54) is 7.11 Å². The third-order valence-electron chi connectivity index (χ3n) is 7.60. The lowest BCUT2D eigenvalue weighted by Crippen LogP contribution is -2.60. The molecule has 37 heavy (non-hydrogen) atoms. The molecule has 0 bridgehead atoms. The van der Waals surface area contributed by atoms with Crippen molar-refractivity contribution < 1.29 is 53.6 Å². The van der Waals surface area contributed by atoms with Gasteiger partial charge in [0, 0.05) is 11.8 Å². The van der Waals surface area contributed by atoms with Gasteiger partial charge in [0.2, 0.25) is 13.1 Å². The summed E-state index contributed by atoms with van der Waals surface area (Å²) in [4.78, 5) is 0. The molecule has 3 fully saturated rings. The highest BCUT2D eigenvalue weighted by Gasteiger charge is 2.49. The average Bonchev–Trinajstić information content (AvgIpc) is 3.65. The molecule has 0 radical (unpaired) electrons. The van der Waals surface area contributed by atoms with E-state index in [0.717, 1.165) is 22.6 Å². The third-order valence-corrected chi connectivity index (χ3v) is 7.60. The number of fused-ring (bicyclic) bond motifs is 2. The van der Waals surface area contributed by atoms with Gasteiger partial charge >= 0.3 is 0 Å². The quantitative estimate of drug-likeness (QED) is 0.428. The molecule has 11 heteroatoms. The Hall–Kier alpha value is -2.64. The molecule has 0 saturated carbocycles. The molecule has 4 aliphatic heterocycles. The number of hydrogen-bond donors (Lipinski definition) is 4. The lowest BCUT2D eigenvalue weighted by atomic mass is 9.85. The fraction of sp³-hybridized carbons (Fsp3) is 0.538. The minimum atomic E-state index is -1.54. The highest BCUT2D eigenvalue weighted by atomic mass is 16.7. The van der Waals surface area contributed by atoms with Crippen LogP contribution in [0.25, 0.3) is 0 Å². The fourth-order valence-corrected chi connectivity index (χ4v) is 5.57. The first-order valence-corrected chi connectivity index (χ1v) is 12.3. The van der Waals surface area contributed by atoms with Crippen LogP contribution >= 0.6 is 0 Å². The normalized spacial score (nSPS) is 36.4. The van der Waals surface area contributed by atoms with Crippen molar-refractivity contribution >= 4 is 0 Å². The van der Waals surface area contributed by atoms with Gasteiger partial charge < -0.3 is 53.6 Å². The van der Waals surface area contributed by atoms with Crippen LogP contribution in [0.2, 0.25) is 0 Å². The second-order valence-electron chi connectivity index (χ2n) is 9.67. The van der Waals surface area contributed by atoms with Crippen molar-refractivity contribution in [3.8, 4) is 23.0 Å². The number of rotatable bonds is 6. The zero-order chi connectivity index (χ0) is 25.7. The molecule has 0 unspecified atom stereocenters. The lowest BCUT2D eigenvalue weighted by molar-refractivity contribution is -0.277. The molecule has 0 spiro atoms. The van der Waals surface area contributed by atoms with Gasteiger partial charge in [-0.15, -0.1) is 0 Å². The van der Waals surface area contributed by atoms with Gasteiger partial charge in [-0.2, -0.15) is 0 Å². The van der Waals surface area contributed by atoms with Gasteiger partial charge in [-0.1, -0.05) is 12.1 Å². The maximum atomic E-state index is 10.3. The number of aliphatic hydroxyl groups excluding tert-OH is 4. The van der Waals surface area contributed by atoms with Crippen molar-refractivity contribution in [2.75, 3.05) is 33.7 Å². The SMILES string of the molecule is COc1cc([C@@H]2OC[C@H]3[C@@H]2CO[C@H]3c2ccc3c(c2)OCO3)ccc1O[C@H]1O[C@@H](CO)[C@H](O)[C@H](O)[C@@H]1O. The molecular formula is C26H30O11. The summed E-state index contributed by atoms with van der Waals surface area (Å²) in [7, 11) is 1.49. The first-order valence-electron chi connectivity index (χ1n) is 12.3. The number of methoxy groups -OCH3 is 1. The van der Waals surface area contributed by atoms with Crippen LogP contribution in [0.15, 0.2) is 36.4 Å². The second kappa shape index (κ2) is 9.91. The summed E-state index contributed by atoms with van der Waals surface area (Å²) in [6.07, 6.45) is -7.23. The number of benzene rings is 2. The molecule has 0 amide bonds. The summed E-state index contributed by atoms with van der Waals surface area (Å²) in [5, 5.41) is 39.8. The van der Waals surface area contributed by atoms with Gasteiger partial charge in [0.15, 0.2) is 23.0 Å². The van der Waals surface area contributed by atoms with E-state index in [1.807, 2.05) is 24.3 Å². The van der Waals surface area contributed by atoms with Crippen LogP contribution in [-0.2, 0) is 14.2 Å². The predicted octanol–water partition coefficient (Wildman–Crippen LogP) is 0.678. The smallest absolute Gasteiger partial charge is 0.231 e. The minimum Gasteiger partial charge on any atom is -0.493 e. The molecule has 4 N–H and O–H groups in total. The molecule has 11 nitrogen and oxygen atoms in total. The highest BCUT2D eigenvalue weighted by Crippen LogP contribution is 2.52. The Bertz CT molecular complexity index is 1120. The van der Waals surface area contributed by atoms with Gasteiger partial charge in [-0.3, -0.25) is 0 Å². The Morgan fingerprint density at radius 2 is 1.49 bits per heavy atom. The van der Waals surface area contributed by atoms with Crippen molar-refractivity contribution in [3.63, 3.8) is 0 Å². The van der Waals surface area contributed by atoms with Crippen molar-refractivity contribution in [2.45, 2.75) is 42.9 Å². The molecule has 4 aliphatic rings. The summed E-state index contributed by atoms with van der Waals surface area (Å²) in [5.74, 6) is 2.41. The van der Waals surface area contributed by atoms with Gasteiger partial charge in [-0.05, 0) is 35.4 Å². The molecule has 9 atom stereocenters. The molecule has 3 saturated heterocycles. The van der Waals surface area contributed by atoms with Crippen LogP contribution in [0, 0.1) is 11.8 Å². The van der Waals surface area contributed by atoms with Gasteiger partial charge in [-0.25, -0.2) is 0 Å². The zero-order valence-electron chi connectivity index (χ0n) is 20.1. The first-order chi connectivity index (χ1) is 18.0. The van der Waals surface area contributed by atoms with Crippen LogP contribution < -0.4 is 18.9 Å². The van der Waals surface area contributed by atoms with Crippen molar-refractivity contribution in [1.82, 2.24) is 0 Å². The predicted molar refractivity (Wildman–Crippen MR) is 124 cm³/mol. The standard InChI is InChI=1S/C26H30O11/c1-31-18-6-12(3-5-17(18)36-26-23(30)22(29)21(28)20(8-27)37-26)24-14-9-33-25(15(14)10-32-24)13-2-4-16-19(7-13)35-11-34-16/h2-7,14-15,20-30H,8-11H2,1H3/t14-,15-,20-,21-,22-,23-,24-,25-,26-/m0/s1. The number of aliphatic hydroxyl groups is 4. The van der Waals surface area contributed by atoms with Crippen LogP contribution in [0.5, 0.6) is 23.0 Å². The first kappa shape index (κ1) is 24.7. The summed E-state index contributed by atoms with van der Waals surface area (Å²) in [5.41, 5.74) is 1.92. The van der Waals surface area contributed by atoms with Gasteiger partial charge in [0.1, 0.15) is 24.4 Å². The van der Waals surface area contributed by atoms with E-state index in [1.54, 1.807) is 12.1 Å². The van der Waals surface area contributed by atoms with Crippen molar-refractivity contribution in [2.24, 2.45) is 11.8 Å². The van der Waals surface area contributed by atoms with Crippen LogP contribution in [0.4, 0.5) is 0 Å². The topological polar surface area (TPSA) is 146 Å². The summed E-state index contributed by atoms with van der Waals surface area (Å²) >= 11 is 0. The van der Waals surface area contributed by atoms with E-state index < -0.39 is 37.3 Å². The van der Waals surface area contributed by atoms with E-state index >= 15 is 0 Å². The van der Waals surface area contributed by atoms with Crippen molar-refractivity contribution in [3.05, 3.63) is 47.5 Å². The lowest BCUT2D eigenvalue weighted by Gasteiger charge is -2.39. The molecule has 200 valence electrons. The molecule has 2 aromatic carbocycles. The molecule has 0 aromatic heterocycles. The second-order valence-corrected chi connectivity index (χ2v) is 9.67. The summed E-state index contributed by atoms with van der Waals surface area (Å²) < 4.78 is 40.2. The average molecular weight is 519 g/mol. The largest absolute Gasteiger partial charge is 0.493 e. The maximum absolute atomic E-state index is 10.3. The number of hydrogen-bond acceptors (Lipinski definition) is 11.